The van der Waals surface area contributed by atoms with Gasteiger partial charge in [-0.15, -0.1) is 0 Å². The molecule has 0 atom stereocenters. The van der Waals surface area contributed by atoms with E-state index in [1.807, 2.05) is 24.3 Å². The molecule has 2 rings (SSSR count). The minimum Gasteiger partial charge on any atom is -0.452 e. The molecule has 150 valence electrons. The predicted octanol–water partition coefficient (Wildman–Crippen LogP) is 2.51. The van der Waals surface area contributed by atoms with Gasteiger partial charge in [-0.05, 0) is 29.8 Å². The Kier molecular flexibility index (Phi) is 7.34. The number of benzene rings is 2. The number of halogens is 1. The van der Waals surface area contributed by atoms with Gasteiger partial charge in [0, 0.05) is 32.2 Å². The summed E-state index contributed by atoms with van der Waals surface area (Å²) in [6.07, 6.45) is 0. The summed E-state index contributed by atoms with van der Waals surface area (Å²) in [7, 11) is 0.746. The standard InChI is InChI=1S/C19H21BrN2O5S/c1-21(2)28(25,26)16-9-6-8-14(11-16)19(24)27-13-18(23)22(3)12-15-7-4-5-10-17(15)20/h4-11H,12-13H2,1-3H3. The van der Waals surface area contributed by atoms with Gasteiger partial charge in [-0.1, -0.05) is 40.2 Å². The van der Waals surface area contributed by atoms with Gasteiger partial charge >= 0.3 is 5.97 Å². The third kappa shape index (κ3) is 5.40. The molecule has 1 amide bonds. The van der Waals surface area contributed by atoms with Crippen LogP contribution in [0.4, 0.5) is 0 Å². The van der Waals surface area contributed by atoms with E-state index in [-0.39, 0.29) is 16.4 Å². The van der Waals surface area contributed by atoms with E-state index in [1.54, 1.807) is 7.05 Å². The highest BCUT2D eigenvalue weighted by Gasteiger charge is 2.20. The minimum atomic E-state index is -3.67. The Morgan fingerprint density at radius 1 is 1.04 bits per heavy atom. The van der Waals surface area contributed by atoms with Crippen molar-refractivity contribution in [2.24, 2.45) is 0 Å². The first-order chi connectivity index (χ1) is 13.1. The SMILES string of the molecule is CN(Cc1ccccc1Br)C(=O)COC(=O)c1cccc(S(=O)(=O)N(C)C)c1. The van der Waals surface area contributed by atoms with E-state index in [0.717, 1.165) is 14.3 Å². The molecule has 2 aromatic rings. The number of rotatable bonds is 7. The van der Waals surface area contributed by atoms with Crippen LogP contribution in [0.25, 0.3) is 0 Å². The zero-order valence-corrected chi connectivity index (χ0v) is 18.2. The quantitative estimate of drug-likeness (QED) is 0.582. The predicted molar refractivity (Wildman–Crippen MR) is 108 cm³/mol. The van der Waals surface area contributed by atoms with E-state index >= 15 is 0 Å². The Hall–Kier alpha value is -2.23. The Morgan fingerprint density at radius 3 is 2.36 bits per heavy atom. The van der Waals surface area contributed by atoms with Crippen molar-refractivity contribution in [3.63, 3.8) is 0 Å². The van der Waals surface area contributed by atoms with Gasteiger partial charge in [0.25, 0.3) is 5.91 Å². The van der Waals surface area contributed by atoms with Gasteiger partial charge in [-0.3, -0.25) is 4.79 Å². The summed E-state index contributed by atoms with van der Waals surface area (Å²) in [6, 6.07) is 13.0. The largest absolute Gasteiger partial charge is 0.452 e. The lowest BCUT2D eigenvalue weighted by atomic mass is 10.2. The lowest BCUT2D eigenvalue weighted by molar-refractivity contribution is -0.133. The lowest BCUT2D eigenvalue weighted by Crippen LogP contribution is -2.31. The molecule has 0 spiro atoms. The van der Waals surface area contributed by atoms with Crippen LogP contribution in [0.15, 0.2) is 57.9 Å². The molecule has 0 N–H and O–H groups in total. The summed E-state index contributed by atoms with van der Waals surface area (Å²) in [4.78, 5) is 25.9. The minimum absolute atomic E-state index is 0.0238. The molecule has 0 unspecified atom stereocenters. The molecule has 0 aromatic heterocycles. The summed E-state index contributed by atoms with van der Waals surface area (Å²) in [6.45, 7) is -0.0845. The average Bonchev–Trinajstić information content (AvgIpc) is 2.67. The van der Waals surface area contributed by atoms with Crippen LogP contribution in [-0.4, -0.2) is 57.2 Å². The number of carbonyl (C=O) groups excluding carboxylic acids is 2. The second kappa shape index (κ2) is 9.31. The molecule has 2 aromatic carbocycles. The molecule has 7 nitrogen and oxygen atoms in total. The van der Waals surface area contributed by atoms with Crippen molar-refractivity contribution < 1.29 is 22.7 Å². The van der Waals surface area contributed by atoms with Gasteiger partial charge in [0.1, 0.15) is 0 Å². The Morgan fingerprint density at radius 2 is 1.71 bits per heavy atom. The van der Waals surface area contributed by atoms with E-state index in [9.17, 15) is 18.0 Å². The maximum absolute atomic E-state index is 12.2. The first-order valence-corrected chi connectivity index (χ1v) is 10.5. The summed E-state index contributed by atoms with van der Waals surface area (Å²) in [5.74, 6) is -1.14. The molecule has 0 aliphatic carbocycles. The van der Waals surface area contributed by atoms with Crippen molar-refractivity contribution in [3.05, 3.63) is 64.1 Å². The number of likely N-dealkylation sites (N-methyl/N-ethyl adjacent to an activating group) is 1. The Labute approximate surface area is 173 Å². The van der Waals surface area contributed by atoms with Crippen molar-refractivity contribution in [2.45, 2.75) is 11.4 Å². The van der Waals surface area contributed by atoms with Gasteiger partial charge in [0.05, 0.1) is 10.5 Å². The highest BCUT2D eigenvalue weighted by atomic mass is 79.9. The molecule has 0 aliphatic heterocycles. The van der Waals surface area contributed by atoms with Crippen molar-refractivity contribution in [3.8, 4) is 0 Å². The van der Waals surface area contributed by atoms with Crippen LogP contribution in [0.1, 0.15) is 15.9 Å². The molecule has 0 bridgehead atoms. The molecule has 0 heterocycles. The van der Waals surface area contributed by atoms with E-state index in [2.05, 4.69) is 15.9 Å². The number of amides is 1. The monoisotopic (exact) mass is 468 g/mol. The Bertz CT molecular complexity index is 976. The van der Waals surface area contributed by atoms with Crippen LogP contribution >= 0.6 is 15.9 Å². The van der Waals surface area contributed by atoms with E-state index < -0.39 is 22.6 Å². The fourth-order valence-electron chi connectivity index (χ4n) is 2.29. The highest BCUT2D eigenvalue weighted by Crippen LogP contribution is 2.18. The zero-order valence-electron chi connectivity index (χ0n) is 15.8. The van der Waals surface area contributed by atoms with Crippen molar-refractivity contribution in [1.82, 2.24) is 9.21 Å². The summed E-state index contributed by atoms with van der Waals surface area (Å²) in [5, 5.41) is 0. The van der Waals surface area contributed by atoms with Gasteiger partial charge in [0.15, 0.2) is 6.61 Å². The van der Waals surface area contributed by atoms with E-state index in [0.29, 0.717) is 6.54 Å². The molecular weight excluding hydrogens is 448 g/mol. The zero-order chi connectivity index (χ0) is 20.9. The van der Waals surface area contributed by atoms with Crippen molar-refractivity contribution in [1.29, 1.82) is 0 Å². The number of ether oxygens (including phenoxy) is 1. The van der Waals surface area contributed by atoms with Crippen LogP contribution < -0.4 is 0 Å². The fourth-order valence-corrected chi connectivity index (χ4v) is 3.64. The first kappa shape index (κ1) is 22.1. The van der Waals surface area contributed by atoms with Crippen LogP contribution in [0.2, 0.25) is 0 Å². The third-order valence-corrected chi connectivity index (χ3v) is 6.55. The van der Waals surface area contributed by atoms with Gasteiger partial charge in [0.2, 0.25) is 10.0 Å². The van der Waals surface area contributed by atoms with Crippen LogP contribution in [-0.2, 0) is 26.1 Å². The second-order valence-corrected chi connectivity index (χ2v) is 9.24. The number of carbonyl (C=O) groups is 2. The number of sulfonamides is 1. The van der Waals surface area contributed by atoms with Crippen LogP contribution in [0.3, 0.4) is 0 Å². The molecular formula is C19H21BrN2O5S. The third-order valence-electron chi connectivity index (χ3n) is 3.97. The van der Waals surface area contributed by atoms with Crippen molar-refractivity contribution >= 4 is 37.8 Å². The molecule has 0 radical (unpaired) electrons. The highest BCUT2D eigenvalue weighted by molar-refractivity contribution is 9.10. The molecule has 0 saturated carbocycles. The van der Waals surface area contributed by atoms with E-state index in [4.69, 9.17) is 4.74 Å². The van der Waals surface area contributed by atoms with E-state index in [1.165, 1.54) is 43.3 Å². The Balaban J connectivity index is 2.00. The van der Waals surface area contributed by atoms with Gasteiger partial charge in [-0.25, -0.2) is 17.5 Å². The second-order valence-electron chi connectivity index (χ2n) is 6.23. The van der Waals surface area contributed by atoms with Crippen molar-refractivity contribution in [2.75, 3.05) is 27.7 Å². The molecule has 0 fully saturated rings. The molecule has 9 heteroatoms. The smallest absolute Gasteiger partial charge is 0.338 e. The maximum Gasteiger partial charge on any atom is 0.338 e. The fraction of sp³-hybridized carbons (Fsp3) is 0.263. The summed E-state index contributed by atoms with van der Waals surface area (Å²) >= 11 is 3.42. The molecule has 28 heavy (non-hydrogen) atoms. The normalized spacial score (nSPS) is 11.3. The van der Waals surface area contributed by atoms with Gasteiger partial charge < -0.3 is 9.64 Å². The summed E-state index contributed by atoms with van der Waals surface area (Å²) < 4.78 is 31.3. The first-order valence-electron chi connectivity index (χ1n) is 8.30. The lowest BCUT2D eigenvalue weighted by Gasteiger charge is -2.18. The van der Waals surface area contributed by atoms with Crippen LogP contribution in [0, 0.1) is 0 Å². The number of hydrogen-bond acceptors (Lipinski definition) is 5. The number of hydrogen-bond donors (Lipinski definition) is 0. The number of esters is 1. The topological polar surface area (TPSA) is 84.0 Å². The average molecular weight is 469 g/mol. The summed E-state index contributed by atoms with van der Waals surface area (Å²) in [5.41, 5.74) is 0.982. The maximum atomic E-state index is 12.2. The molecule has 0 saturated heterocycles. The number of nitrogens with zero attached hydrogens (tertiary/aromatic N) is 2. The molecule has 0 aliphatic rings. The van der Waals surface area contributed by atoms with Crippen LogP contribution in [0.5, 0.6) is 0 Å². The van der Waals surface area contributed by atoms with Gasteiger partial charge in [-0.2, -0.15) is 0 Å².